The van der Waals surface area contributed by atoms with Gasteiger partial charge in [-0.15, -0.1) is 0 Å². The summed E-state index contributed by atoms with van der Waals surface area (Å²) in [5.74, 6) is 1.36. The van der Waals surface area contributed by atoms with Crippen LogP contribution < -0.4 is 15.4 Å². The second-order valence-corrected chi connectivity index (χ2v) is 6.15. The largest absolute Gasteiger partial charge is 0.455 e. The molecule has 0 unspecified atom stereocenters. The first-order valence-corrected chi connectivity index (χ1v) is 8.86. The second kappa shape index (κ2) is 8.92. The van der Waals surface area contributed by atoms with Crippen LogP contribution in [0.1, 0.15) is 32.1 Å². The molecular formula is C21H24N2O2. The van der Waals surface area contributed by atoms with E-state index in [1.165, 1.54) is 24.8 Å². The fourth-order valence-electron chi connectivity index (χ4n) is 2.91. The number of urea groups is 1. The maximum atomic E-state index is 12.2. The molecule has 0 bridgehead atoms. The number of ether oxygens (including phenoxy) is 1. The second-order valence-electron chi connectivity index (χ2n) is 6.15. The topological polar surface area (TPSA) is 50.4 Å². The monoisotopic (exact) mass is 336 g/mol. The zero-order chi connectivity index (χ0) is 17.3. The number of carbonyl (C=O) groups excluding carboxylic acids is 1. The van der Waals surface area contributed by atoms with Crippen molar-refractivity contribution in [1.82, 2.24) is 5.32 Å². The number of rotatable bonds is 6. The van der Waals surface area contributed by atoms with Gasteiger partial charge in [0.1, 0.15) is 5.75 Å². The Bertz CT molecular complexity index is 726. The summed E-state index contributed by atoms with van der Waals surface area (Å²) in [6, 6.07) is 16.8. The number of nitrogens with one attached hydrogen (secondary N) is 2. The highest BCUT2D eigenvalue weighted by Gasteiger charge is 2.09. The third-order valence-corrected chi connectivity index (χ3v) is 4.22. The molecule has 3 rings (SSSR count). The van der Waals surface area contributed by atoms with E-state index in [9.17, 15) is 4.79 Å². The Morgan fingerprint density at radius 1 is 1.00 bits per heavy atom. The highest BCUT2D eigenvalue weighted by atomic mass is 16.5. The van der Waals surface area contributed by atoms with Crippen LogP contribution in [0.15, 0.2) is 66.2 Å². The van der Waals surface area contributed by atoms with E-state index in [-0.39, 0.29) is 6.03 Å². The van der Waals surface area contributed by atoms with Crippen molar-refractivity contribution in [3.63, 3.8) is 0 Å². The van der Waals surface area contributed by atoms with Crippen LogP contribution >= 0.6 is 0 Å². The van der Waals surface area contributed by atoms with Gasteiger partial charge in [0.2, 0.25) is 0 Å². The third-order valence-electron chi connectivity index (χ3n) is 4.22. The molecule has 25 heavy (non-hydrogen) atoms. The lowest BCUT2D eigenvalue weighted by Crippen LogP contribution is -2.29. The Morgan fingerprint density at radius 3 is 2.60 bits per heavy atom. The first-order valence-electron chi connectivity index (χ1n) is 8.86. The molecule has 0 saturated carbocycles. The van der Waals surface area contributed by atoms with Crippen molar-refractivity contribution in [2.45, 2.75) is 32.1 Å². The van der Waals surface area contributed by atoms with Gasteiger partial charge in [0.25, 0.3) is 0 Å². The van der Waals surface area contributed by atoms with E-state index in [0.29, 0.717) is 18.0 Å². The van der Waals surface area contributed by atoms with E-state index >= 15 is 0 Å². The summed E-state index contributed by atoms with van der Waals surface area (Å²) < 4.78 is 5.86. The maximum absolute atomic E-state index is 12.2. The molecule has 0 aliphatic heterocycles. The van der Waals surface area contributed by atoms with Gasteiger partial charge in [-0.1, -0.05) is 42.0 Å². The summed E-state index contributed by atoms with van der Waals surface area (Å²) in [5, 5.41) is 5.80. The van der Waals surface area contributed by atoms with Crippen molar-refractivity contribution in [3.05, 3.63) is 66.2 Å². The molecule has 2 amide bonds. The van der Waals surface area contributed by atoms with Crippen LogP contribution in [-0.4, -0.2) is 12.6 Å². The van der Waals surface area contributed by atoms with Crippen molar-refractivity contribution in [2.24, 2.45) is 0 Å². The zero-order valence-electron chi connectivity index (χ0n) is 14.3. The van der Waals surface area contributed by atoms with Crippen LogP contribution in [0.2, 0.25) is 0 Å². The van der Waals surface area contributed by atoms with E-state index in [1.54, 1.807) is 0 Å². The van der Waals surface area contributed by atoms with Crippen molar-refractivity contribution in [1.29, 1.82) is 0 Å². The van der Waals surface area contributed by atoms with E-state index in [1.807, 2.05) is 54.6 Å². The molecule has 0 saturated heterocycles. The first-order chi connectivity index (χ1) is 12.3. The minimum atomic E-state index is -0.208. The van der Waals surface area contributed by atoms with E-state index in [4.69, 9.17) is 4.74 Å². The van der Waals surface area contributed by atoms with Gasteiger partial charge in [-0.05, 0) is 56.4 Å². The number of carbonyl (C=O) groups is 1. The van der Waals surface area contributed by atoms with Gasteiger partial charge in [0, 0.05) is 6.54 Å². The predicted molar refractivity (Wildman–Crippen MR) is 101 cm³/mol. The fraction of sp³-hybridized carbons (Fsp3) is 0.286. The van der Waals surface area contributed by atoms with Crippen LogP contribution in [0, 0.1) is 0 Å². The number of para-hydroxylation sites is 3. The average molecular weight is 336 g/mol. The van der Waals surface area contributed by atoms with Gasteiger partial charge in [-0.25, -0.2) is 4.79 Å². The Hall–Kier alpha value is -2.75. The molecule has 1 aliphatic rings. The van der Waals surface area contributed by atoms with Crippen LogP contribution in [0.3, 0.4) is 0 Å². The van der Waals surface area contributed by atoms with Gasteiger partial charge in [-0.2, -0.15) is 0 Å². The molecule has 1 aliphatic carbocycles. The predicted octanol–water partition coefficient (Wildman–Crippen LogP) is 5.49. The average Bonchev–Trinajstić information content (AvgIpc) is 2.65. The quantitative estimate of drug-likeness (QED) is 0.685. The van der Waals surface area contributed by atoms with Gasteiger partial charge in [0.05, 0.1) is 5.69 Å². The van der Waals surface area contributed by atoms with Gasteiger partial charge in [0.15, 0.2) is 5.75 Å². The zero-order valence-corrected chi connectivity index (χ0v) is 14.3. The molecule has 130 valence electrons. The molecule has 2 N–H and O–H groups in total. The molecule has 0 heterocycles. The Kier molecular flexibility index (Phi) is 6.10. The van der Waals surface area contributed by atoms with Crippen LogP contribution in [-0.2, 0) is 0 Å². The Balaban J connectivity index is 1.53. The highest BCUT2D eigenvalue weighted by Crippen LogP contribution is 2.29. The first kappa shape index (κ1) is 17.1. The van der Waals surface area contributed by atoms with Crippen LogP contribution in [0.25, 0.3) is 0 Å². The van der Waals surface area contributed by atoms with Crippen LogP contribution in [0.5, 0.6) is 11.5 Å². The Labute approximate surface area is 148 Å². The van der Waals surface area contributed by atoms with Gasteiger partial charge in [-0.3, -0.25) is 0 Å². The van der Waals surface area contributed by atoms with Gasteiger partial charge < -0.3 is 15.4 Å². The van der Waals surface area contributed by atoms with E-state index < -0.39 is 0 Å². The van der Waals surface area contributed by atoms with Crippen molar-refractivity contribution in [2.75, 3.05) is 11.9 Å². The minimum Gasteiger partial charge on any atom is -0.455 e. The highest BCUT2D eigenvalue weighted by molar-refractivity contribution is 5.90. The van der Waals surface area contributed by atoms with E-state index in [2.05, 4.69) is 16.7 Å². The van der Waals surface area contributed by atoms with Crippen LogP contribution in [0.4, 0.5) is 10.5 Å². The number of hydrogen-bond donors (Lipinski definition) is 2. The molecular weight excluding hydrogens is 312 g/mol. The summed E-state index contributed by atoms with van der Waals surface area (Å²) >= 11 is 0. The van der Waals surface area contributed by atoms with Crippen molar-refractivity contribution < 1.29 is 9.53 Å². The van der Waals surface area contributed by atoms with E-state index in [0.717, 1.165) is 18.6 Å². The lowest BCUT2D eigenvalue weighted by atomic mass is 9.97. The summed E-state index contributed by atoms with van der Waals surface area (Å²) in [4.78, 5) is 12.2. The summed E-state index contributed by atoms with van der Waals surface area (Å²) in [5.41, 5.74) is 2.11. The molecule has 4 heteroatoms. The molecule has 2 aromatic rings. The number of amides is 2. The maximum Gasteiger partial charge on any atom is 0.319 e. The smallest absolute Gasteiger partial charge is 0.319 e. The number of allylic oxidation sites excluding steroid dienone is 1. The number of anilines is 1. The molecule has 0 radical (unpaired) electrons. The minimum absolute atomic E-state index is 0.208. The third kappa shape index (κ3) is 5.38. The van der Waals surface area contributed by atoms with Gasteiger partial charge >= 0.3 is 6.03 Å². The lowest BCUT2D eigenvalue weighted by Gasteiger charge is -2.14. The molecule has 2 aromatic carbocycles. The summed E-state index contributed by atoms with van der Waals surface area (Å²) in [7, 11) is 0. The fourth-order valence-corrected chi connectivity index (χ4v) is 2.91. The molecule has 0 spiro atoms. The summed E-state index contributed by atoms with van der Waals surface area (Å²) in [6.45, 7) is 0.652. The number of hydrogen-bond acceptors (Lipinski definition) is 2. The molecule has 4 nitrogen and oxygen atoms in total. The summed E-state index contributed by atoms with van der Waals surface area (Å²) in [6.07, 6.45) is 8.13. The molecule has 0 fully saturated rings. The normalized spacial score (nSPS) is 13.7. The number of benzene rings is 2. The lowest BCUT2D eigenvalue weighted by molar-refractivity contribution is 0.252. The Morgan fingerprint density at radius 2 is 1.80 bits per heavy atom. The van der Waals surface area contributed by atoms with Crippen molar-refractivity contribution >= 4 is 11.7 Å². The molecule has 0 aromatic heterocycles. The standard InChI is InChI=1S/C21H24N2O2/c24-21(22-16-15-17-9-3-1-4-10-17)23-19-13-7-8-14-20(19)25-18-11-5-2-6-12-18/h2,5-9,11-14H,1,3-4,10,15-16H2,(H2,22,23,24). The SMILES string of the molecule is O=C(NCCC1=CCCCC1)Nc1ccccc1Oc1ccccc1. The molecule has 0 atom stereocenters. The van der Waals surface area contributed by atoms with Crippen molar-refractivity contribution in [3.8, 4) is 11.5 Å².